The molecule has 1 aromatic carbocycles. The van der Waals surface area contributed by atoms with Gasteiger partial charge in [0.2, 0.25) is 0 Å². The van der Waals surface area contributed by atoms with Gasteiger partial charge in [0.05, 0.1) is 19.8 Å². The zero-order chi connectivity index (χ0) is 18.3. The molecule has 6 nitrogen and oxygen atoms in total. The Morgan fingerprint density at radius 2 is 1.93 bits per heavy atom. The van der Waals surface area contributed by atoms with Crippen LogP contribution in [-0.4, -0.2) is 69.9 Å². The Morgan fingerprint density at radius 3 is 2.67 bits per heavy atom. The summed E-state index contributed by atoms with van der Waals surface area (Å²) in [6.07, 6.45) is 2.07. The second-order valence-electron chi connectivity index (χ2n) is 6.39. The maximum atomic E-state index is 5.71. The second-order valence-corrected chi connectivity index (χ2v) is 6.39. The van der Waals surface area contributed by atoms with Crippen molar-refractivity contribution < 1.29 is 9.47 Å². The van der Waals surface area contributed by atoms with Crippen LogP contribution in [0, 0.1) is 0 Å². The van der Waals surface area contributed by atoms with Crippen LogP contribution >= 0.6 is 24.0 Å². The van der Waals surface area contributed by atoms with Gasteiger partial charge in [0.15, 0.2) is 5.96 Å². The van der Waals surface area contributed by atoms with Gasteiger partial charge in [-0.05, 0) is 25.3 Å². The average molecular weight is 490 g/mol. The summed E-state index contributed by atoms with van der Waals surface area (Å²) < 4.78 is 11.1. The molecule has 0 atom stereocenters. The third kappa shape index (κ3) is 11.5. The molecule has 0 amide bonds. The fraction of sp³-hybridized carbons (Fsp3) is 0.650. The highest BCUT2D eigenvalue weighted by Gasteiger charge is 2.09. The van der Waals surface area contributed by atoms with E-state index >= 15 is 0 Å². The Kier molecular flexibility index (Phi) is 14.4. The Labute approximate surface area is 181 Å². The zero-order valence-electron chi connectivity index (χ0n) is 16.5. The van der Waals surface area contributed by atoms with Gasteiger partial charge in [-0.25, -0.2) is 0 Å². The third-order valence-corrected chi connectivity index (χ3v) is 4.25. The van der Waals surface area contributed by atoms with Crippen LogP contribution in [0.15, 0.2) is 35.3 Å². The number of ether oxygens (including phenoxy) is 2. The van der Waals surface area contributed by atoms with Crippen LogP contribution in [0.5, 0.6) is 0 Å². The van der Waals surface area contributed by atoms with E-state index in [1.165, 1.54) is 5.56 Å². The van der Waals surface area contributed by atoms with E-state index in [1.807, 2.05) is 18.2 Å². The number of nitrogens with zero attached hydrogens (tertiary/aromatic N) is 2. The fourth-order valence-electron chi connectivity index (χ4n) is 2.77. The predicted octanol–water partition coefficient (Wildman–Crippen LogP) is 2.49. The molecule has 0 aliphatic carbocycles. The summed E-state index contributed by atoms with van der Waals surface area (Å²) in [7, 11) is 0. The molecule has 1 aliphatic heterocycles. The minimum Gasteiger partial charge on any atom is -0.379 e. The lowest BCUT2D eigenvalue weighted by Crippen LogP contribution is -2.44. The summed E-state index contributed by atoms with van der Waals surface area (Å²) in [6.45, 7) is 11.0. The second kappa shape index (κ2) is 16.1. The molecular weight excluding hydrogens is 455 g/mol. The first-order valence-corrected chi connectivity index (χ1v) is 9.82. The van der Waals surface area contributed by atoms with Gasteiger partial charge in [-0.2, -0.15) is 0 Å². The number of nitrogens with one attached hydrogen (secondary N) is 2. The van der Waals surface area contributed by atoms with Crippen LogP contribution in [0.4, 0.5) is 0 Å². The fourth-order valence-corrected chi connectivity index (χ4v) is 2.77. The van der Waals surface area contributed by atoms with Crippen LogP contribution in [0.25, 0.3) is 0 Å². The molecule has 0 radical (unpaired) electrons. The van der Waals surface area contributed by atoms with Crippen molar-refractivity contribution in [2.24, 2.45) is 4.99 Å². The number of benzene rings is 1. The number of halogens is 1. The first-order chi connectivity index (χ1) is 12.9. The Morgan fingerprint density at radius 1 is 1.15 bits per heavy atom. The smallest absolute Gasteiger partial charge is 0.191 e. The van der Waals surface area contributed by atoms with E-state index in [-0.39, 0.29) is 24.0 Å². The van der Waals surface area contributed by atoms with Crippen molar-refractivity contribution in [2.75, 3.05) is 59.1 Å². The van der Waals surface area contributed by atoms with Gasteiger partial charge in [0.25, 0.3) is 0 Å². The lowest BCUT2D eigenvalue weighted by atomic mass is 10.2. The summed E-state index contributed by atoms with van der Waals surface area (Å²) in [5, 5.41) is 6.73. The van der Waals surface area contributed by atoms with Crippen molar-refractivity contribution in [1.29, 1.82) is 0 Å². The normalized spacial score (nSPS) is 15.2. The van der Waals surface area contributed by atoms with E-state index in [2.05, 4.69) is 39.6 Å². The third-order valence-electron chi connectivity index (χ3n) is 4.25. The number of morpholine rings is 1. The predicted molar refractivity (Wildman–Crippen MR) is 122 cm³/mol. The molecule has 154 valence electrons. The van der Waals surface area contributed by atoms with Crippen LogP contribution in [-0.2, 0) is 16.1 Å². The minimum absolute atomic E-state index is 0. The van der Waals surface area contributed by atoms with Crippen molar-refractivity contribution in [3.8, 4) is 0 Å². The first-order valence-electron chi connectivity index (χ1n) is 9.82. The molecule has 0 spiro atoms. The molecule has 2 N–H and O–H groups in total. The summed E-state index contributed by atoms with van der Waals surface area (Å²) in [5.74, 6) is 0.908. The Balaban J connectivity index is 0.00000364. The summed E-state index contributed by atoms with van der Waals surface area (Å²) >= 11 is 0. The monoisotopic (exact) mass is 490 g/mol. The summed E-state index contributed by atoms with van der Waals surface area (Å²) in [4.78, 5) is 7.07. The number of hydrogen-bond donors (Lipinski definition) is 2. The highest BCUT2D eigenvalue weighted by molar-refractivity contribution is 14.0. The van der Waals surface area contributed by atoms with E-state index in [0.717, 1.165) is 77.9 Å². The van der Waals surface area contributed by atoms with Crippen LogP contribution in [0.1, 0.15) is 25.3 Å². The van der Waals surface area contributed by atoms with E-state index in [0.29, 0.717) is 6.61 Å². The van der Waals surface area contributed by atoms with Gasteiger partial charge in [0, 0.05) is 45.9 Å². The summed E-state index contributed by atoms with van der Waals surface area (Å²) in [6, 6.07) is 10.3. The van der Waals surface area contributed by atoms with Gasteiger partial charge in [0.1, 0.15) is 0 Å². The lowest BCUT2D eigenvalue weighted by molar-refractivity contribution is 0.0389. The van der Waals surface area contributed by atoms with Gasteiger partial charge in [-0.15, -0.1) is 24.0 Å². The standard InChI is InChI=1S/C20H34N4O2.HI/c1-2-21-20(23-11-12-24-13-16-25-17-14-24)22-10-6-7-15-26-18-19-8-4-3-5-9-19;/h3-5,8-9H,2,6-7,10-18H2,1H3,(H2,21,22,23);1H. The van der Waals surface area contributed by atoms with Crippen molar-refractivity contribution in [3.05, 3.63) is 35.9 Å². The highest BCUT2D eigenvalue weighted by atomic mass is 127. The van der Waals surface area contributed by atoms with E-state index in [9.17, 15) is 0 Å². The molecule has 1 aromatic rings. The molecule has 1 saturated heterocycles. The average Bonchev–Trinajstić information content (AvgIpc) is 2.69. The summed E-state index contributed by atoms with van der Waals surface area (Å²) in [5.41, 5.74) is 1.23. The number of unbranched alkanes of at least 4 members (excludes halogenated alkanes) is 1. The SMILES string of the molecule is CCNC(=NCCCCOCc1ccccc1)NCCN1CCOCC1.I. The van der Waals surface area contributed by atoms with Crippen LogP contribution in [0.2, 0.25) is 0 Å². The lowest BCUT2D eigenvalue weighted by Gasteiger charge is -2.26. The molecular formula is C20H35IN4O2. The number of rotatable bonds is 11. The van der Waals surface area contributed by atoms with Crippen LogP contribution < -0.4 is 10.6 Å². The maximum Gasteiger partial charge on any atom is 0.191 e. The molecule has 0 bridgehead atoms. The first kappa shape index (κ1) is 24.1. The van der Waals surface area contributed by atoms with Crippen molar-refractivity contribution >= 4 is 29.9 Å². The molecule has 1 aliphatic rings. The van der Waals surface area contributed by atoms with E-state index in [1.54, 1.807) is 0 Å². The maximum absolute atomic E-state index is 5.71. The van der Waals surface area contributed by atoms with Crippen molar-refractivity contribution in [3.63, 3.8) is 0 Å². The Hall–Kier alpha value is -0.900. The molecule has 0 saturated carbocycles. The number of guanidine groups is 1. The topological polar surface area (TPSA) is 58.1 Å². The molecule has 1 fully saturated rings. The molecule has 7 heteroatoms. The molecule has 27 heavy (non-hydrogen) atoms. The van der Waals surface area contributed by atoms with Crippen molar-refractivity contribution in [1.82, 2.24) is 15.5 Å². The highest BCUT2D eigenvalue weighted by Crippen LogP contribution is 2.01. The van der Waals surface area contributed by atoms with Gasteiger partial charge in [-0.1, -0.05) is 30.3 Å². The van der Waals surface area contributed by atoms with Crippen LogP contribution in [0.3, 0.4) is 0 Å². The van der Waals surface area contributed by atoms with Crippen molar-refractivity contribution in [2.45, 2.75) is 26.4 Å². The minimum atomic E-state index is 0. The molecule has 1 heterocycles. The van der Waals surface area contributed by atoms with Gasteiger partial charge in [-0.3, -0.25) is 9.89 Å². The molecule has 2 rings (SSSR count). The number of hydrogen-bond acceptors (Lipinski definition) is 4. The zero-order valence-corrected chi connectivity index (χ0v) is 18.8. The van der Waals surface area contributed by atoms with E-state index in [4.69, 9.17) is 9.47 Å². The molecule has 0 aromatic heterocycles. The van der Waals surface area contributed by atoms with Gasteiger partial charge >= 0.3 is 0 Å². The van der Waals surface area contributed by atoms with E-state index < -0.39 is 0 Å². The molecule has 0 unspecified atom stereocenters. The quantitative estimate of drug-likeness (QED) is 0.216. The largest absolute Gasteiger partial charge is 0.379 e. The Bertz CT molecular complexity index is 496. The number of aliphatic imine (C=N–C) groups is 1. The van der Waals surface area contributed by atoms with Gasteiger partial charge < -0.3 is 20.1 Å².